The van der Waals surface area contributed by atoms with Gasteiger partial charge in [-0.15, -0.1) is 0 Å². The van der Waals surface area contributed by atoms with Crippen LogP contribution in [-0.2, 0) is 6.42 Å². The zero-order chi connectivity index (χ0) is 15.1. The van der Waals surface area contributed by atoms with Crippen LogP contribution < -0.4 is 10.1 Å². The highest BCUT2D eigenvalue weighted by Crippen LogP contribution is 2.20. The quantitative estimate of drug-likeness (QED) is 0.750. The predicted octanol–water partition coefficient (Wildman–Crippen LogP) is 4.89. The molecule has 0 aliphatic rings. The Kier molecular flexibility index (Phi) is 5.73. The van der Waals surface area contributed by atoms with Gasteiger partial charge in [0.2, 0.25) is 0 Å². The third-order valence-electron chi connectivity index (χ3n) is 3.56. The minimum Gasteiger partial charge on any atom is -0.491 e. The van der Waals surface area contributed by atoms with Crippen molar-refractivity contribution in [2.75, 3.05) is 5.32 Å². The first-order valence-electron chi connectivity index (χ1n) is 7.73. The van der Waals surface area contributed by atoms with Gasteiger partial charge in [0.05, 0.1) is 12.4 Å². The second-order valence-corrected chi connectivity index (χ2v) is 5.53. The van der Waals surface area contributed by atoms with Crippen molar-refractivity contribution in [2.45, 2.75) is 52.2 Å². The molecule has 0 spiro atoms. The van der Waals surface area contributed by atoms with E-state index in [9.17, 15) is 0 Å². The molecule has 1 heterocycles. The van der Waals surface area contributed by atoms with Gasteiger partial charge in [-0.25, -0.2) is 0 Å². The third kappa shape index (κ3) is 5.18. The van der Waals surface area contributed by atoms with Crippen LogP contribution >= 0.6 is 0 Å². The Morgan fingerprint density at radius 2 is 2.05 bits per heavy atom. The summed E-state index contributed by atoms with van der Waals surface area (Å²) in [6, 6.07) is 12.5. The highest BCUT2D eigenvalue weighted by Gasteiger charge is 2.06. The summed E-state index contributed by atoms with van der Waals surface area (Å²) in [5.74, 6) is 1.96. The number of rotatable bonds is 8. The molecule has 3 heteroatoms. The lowest BCUT2D eigenvalue weighted by Crippen LogP contribution is -2.16. The smallest absolute Gasteiger partial charge is 0.121 e. The maximum atomic E-state index is 5.85. The first kappa shape index (κ1) is 15.5. The summed E-state index contributed by atoms with van der Waals surface area (Å²) < 4.78 is 11.2. The van der Waals surface area contributed by atoms with E-state index in [1.165, 1.54) is 0 Å². The number of aryl methyl sites for hydroxylation is 1. The molecule has 0 amide bonds. The normalized spacial score (nSPS) is 13.7. The molecular weight excluding hydrogens is 262 g/mol. The van der Waals surface area contributed by atoms with Crippen LogP contribution in [0.1, 0.15) is 39.4 Å². The lowest BCUT2D eigenvalue weighted by molar-refractivity contribution is 0.217. The fraction of sp³-hybridized carbons (Fsp3) is 0.444. The Morgan fingerprint density at radius 3 is 2.76 bits per heavy atom. The molecular formula is C18H25NO2. The van der Waals surface area contributed by atoms with E-state index in [1.54, 1.807) is 6.26 Å². The van der Waals surface area contributed by atoms with Crippen LogP contribution in [0.3, 0.4) is 0 Å². The molecule has 2 atom stereocenters. The number of ether oxygens (including phenoxy) is 1. The molecule has 1 N–H and O–H groups in total. The summed E-state index contributed by atoms with van der Waals surface area (Å²) in [7, 11) is 0. The van der Waals surface area contributed by atoms with E-state index < -0.39 is 0 Å². The van der Waals surface area contributed by atoms with E-state index in [0.29, 0.717) is 6.04 Å². The van der Waals surface area contributed by atoms with E-state index in [2.05, 4.69) is 38.2 Å². The molecule has 114 valence electrons. The van der Waals surface area contributed by atoms with Crippen molar-refractivity contribution in [3.05, 3.63) is 48.4 Å². The highest BCUT2D eigenvalue weighted by atomic mass is 16.5. The molecule has 0 aliphatic carbocycles. The highest BCUT2D eigenvalue weighted by molar-refractivity contribution is 5.48. The molecule has 0 aliphatic heterocycles. The molecule has 0 radical (unpaired) electrons. The Balaban J connectivity index is 1.85. The Morgan fingerprint density at radius 1 is 1.19 bits per heavy atom. The van der Waals surface area contributed by atoms with Crippen molar-refractivity contribution in [3.63, 3.8) is 0 Å². The van der Waals surface area contributed by atoms with Gasteiger partial charge < -0.3 is 14.5 Å². The topological polar surface area (TPSA) is 34.4 Å². The molecule has 3 nitrogen and oxygen atoms in total. The predicted molar refractivity (Wildman–Crippen MR) is 86.9 cm³/mol. The summed E-state index contributed by atoms with van der Waals surface area (Å²) in [5.41, 5.74) is 1.10. The van der Waals surface area contributed by atoms with E-state index in [-0.39, 0.29) is 6.10 Å². The maximum absolute atomic E-state index is 5.85. The van der Waals surface area contributed by atoms with Gasteiger partial charge in [-0.3, -0.25) is 0 Å². The number of hydrogen-bond acceptors (Lipinski definition) is 3. The van der Waals surface area contributed by atoms with Crippen LogP contribution in [0, 0.1) is 0 Å². The average Bonchev–Trinajstić information content (AvgIpc) is 2.98. The first-order chi connectivity index (χ1) is 10.2. The Hall–Kier alpha value is -1.90. The van der Waals surface area contributed by atoms with Gasteiger partial charge in [-0.1, -0.05) is 13.0 Å². The maximum Gasteiger partial charge on any atom is 0.121 e. The minimum absolute atomic E-state index is 0.247. The summed E-state index contributed by atoms with van der Waals surface area (Å²) >= 11 is 0. The van der Waals surface area contributed by atoms with Gasteiger partial charge in [-0.2, -0.15) is 0 Å². The second-order valence-electron chi connectivity index (χ2n) is 5.53. The summed E-state index contributed by atoms with van der Waals surface area (Å²) in [6.07, 6.45) is 4.96. The van der Waals surface area contributed by atoms with Crippen molar-refractivity contribution in [2.24, 2.45) is 0 Å². The second kappa shape index (κ2) is 7.77. The molecule has 0 fully saturated rings. The van der Waals surface area contributed by atoms with Crippen molar-refractivity contribution >= 4 is 5.69 Å². The van der Waals surface area contributed by atoms with Crippen molar-refractivity contribution in [1.29, 1.82) is 0 Å². The Bertz CT molecular complexity index is 522. The number of benzene rings is 1. The van der Waals surface area contributed by atoms with Gasteiger partial charge in [0.15, 0.2) is 0 Å². The standard InChI is InChI=1S/C18H25NO2/c1-4-15(3)21-18-8-5-7-16(13-18)19-14(2)10-11-17-9-6-12-20-17/h5-9,12-15,19H,4,10-11H2,1-3H3. The summed E-state index contributed by atoms with van der Waals surface area (Å²) in [4.78, 5) is 0. The van der Waals surface area contributed by atoms with Crippen LogP contribution in [0.25, 0.3) is 0 Å². The molecule has 1 aromatic carbocycles. The number of anilines is 1. The van der Waals surface area contributed by atoms with Crippen molar-refractivity contribution < 1.29 is 9.15 Å². The van der Waals surface area contributed by atoms with E-state index in [1.807, 2.05) is 24.3 Å². The van der Waals surface area contributed by atoms with Gasteiger partial charge in [0.25, 0.3) is 0 Å². The number of furan rings is 1. The van der Waals surface area contributed by atoms with Crippen LogP contribution in [0.2, 0.25) is 0 Å². The minimum atomic E-state index is 0.247. The van der Waals surface area contributed by atoms with Crippen LogP contribution in [-0.4, -0.2) is 12.1 Å². The Labute approximate surface area is 127 Å². The van der Waals surface area contributed by atoms with Gasteiger partial charge >= 0.3 is 0 Å². The molecule has 0 bridgehead atoms. The van der Waals surface area contributed by atoms with Gasteiger partial charge in [0, 0.05) is 24.2 Å². The van der Waals surface area contributed by atoms with Crippen LogP contribution in [0.5, 0.6) is 5.75 Å². The molecule has 1 aromatic heterocycles. The molecule has 2 aromatic rings. The fourth-order valence-electron chi connectivity index (χ4n) is 2.15. The fourth-order valence-corrected chi connectivity index (χ4v) is 2.15. The van der Waals surface area contributed by atoms with Gasteiger partial charge in [0.1, 0.15) is 11.5 Å². The first-order valence-corrected chi connectivity index (χ1v) is 7.73. The SMILES string of the molecule is CCC(C)Oc1cccc(NC(C)CCc2ccco2)c1. The number of nitrogens with one attached hydrogen (secondary N) is 1. The number of hydrogen-bond donors (Lipinski definition) is 1. The van der Waals surface area contributed by atoms with Crippen LogP contribution in [0.4, 0.5) is 5.69 Å². The molecule has 21 heavy (non-hydrogen) atoms. The largest absolute Gasteiger partial charge is 0.491 e. The van der Waals surface area contributed by atoms with Crippen molar-refractivity contribution in [3.8, 4) is 5.75 Å². The van der Waals surface area contributed by atoms with Crippen LogP contribution in [0.15, 0.2) is 47.1 Å². The van der Waals surface area contributed by atoms with E-state index in [4.69, 9.17) is 9.15 Å². The van der Waals surface area contributed by atoms with Gasteiger partial charge in [-0.05, 0) is 51.0 Å². The van der Waals surface area contributed by atoms with E-state index in [0.717, 1.165) is 36.5 Å². The monoisotopic (exact) mass is 287 g/mol. The zero-order valence-corrected chi connectivity index (χ0v) is 13.1. The molecule has 2 unspecified atom stereocenters. The summed E-state index contributed by atoms with van der Waals surface area (Å²) in [5, 5.41) is 3.51. The molecule has 2 rings (SSSR count). The summed E-state index contributed by atoms with van der Waals surface area (Å²) in [6.45, 7) is 6.40. The lowest BCUT2D eigenvalue weighted by Gasteiger charge is -2.17. The third-order valence-corrected chi connectivity index (χ3v) is 3.56. The lowest BCUT2D eigenvalue weighted by atomic mass is 10.1. The van der Waals surface area contributed by atoms with E-state index >= 15 is 0 Å². The molecule has 0 saturated heterocycles. The molecule has 0 saturated carbocycles. The van der Waals surface area contributed by atoms with Crippen molar-refractivity contribution in [1.82, 2.24) is 0 Å². The zero-order valence-electron chi connectivity index (χ0n) is 13.1. The average molecular weight is 287 g/mol.